The third-order valence-corrected chi connectivity index (χ3v) is 3.38. The number of hydrogen-bond acceptors (Lipinski definition) is 4. The van der Waals surface area contributed by atoms with E-state index in [0.717, 1.165) is 31.7 Å². The zero-order chi connectivity index (χ0) is 13.1. The minimum atomic E-state index is -0.924. The molecule has 0 atom stereocenters. The van der Waals surface area contributed by atoms with Crippen molar-refractivity contribution >= 4 is 11.8 Å². The molecule has 1 aromatic rings. The maximum atomic E-state index is 11.0. The van der Waals surface area contributed by atoms with Gasteiger partial charge in [0.25, 0.3) is 0 Å². The molecule has 0 unspecified atom stereocenters. The second-order valence-corrected chi connectivity index (χ2v) is 4.77. The maximum Gasteiger partial charge on any atom is 0.335 e. The van der Waals surface area contributed by atoms with Crippen LogP contribution in [0.3, 0.4) is 0 Å². The second-order valence-electron chi connectivity index (χ2n) is 4.77. The fourth-order valence-corrected chi connectivity index (χ4v) is 2.28. The molecular formula is C13H18N2O3. The number of carboxylic acids is 1. The number of nitrogens with zero attached hydrogens (tertiary/aromatic N) is 2. The van der Waals surface area contributed by atoms with E-state index in [4.69, 9.17) is 10.2 Å². The number of pyridine rings is 1. The highest BCUT2D eigenvalue weighted by molar-refractivity contribution is 5.88. The Morgan fingerprint density at radius 1 is 1.44 bits per heavy atom. The van der Waals surface area contributed by atoms with Gasteiger partial charge in [-0.2, -0.15) is 0 Å². The van der Waals surface area contributed by atoms with E-state index in [2.05, 4.69) is 9.88 Å². The molecule has 1 aliphatic rings. The number of rotatable bonds is 3. The molecular weight excluding hydrogens is 232 g/mol. The van der Waals surface area contributed by atoms with Gasteiger partial charge in [0, 0.05) is 25.4 Å². The molecule has 1 aromatic heterocycles. The monoisotopic (exact) mass is 250 g/mol. The molecule has 1 saturated heterocycles. The van der Waals surface area contributed by atoms with E-state index in [1.54, 1.807) is 19.1 Å². The summed E-state index contributed by atoms with van der Waals surface area (Å²) < 4.78 is 0. The fourth-order valence-electron chi connectivity index (χ4n) is 2.28. The van der Waals surface area contributed by atoms with E-state index >= 15 is 0 Å². The van der Waals surface area contributed by atoms with Crippen LogP contribution in [0.5, 0.6) is 0 Å². The molecule has 1 aliphatic heterocycles. The van der Waals surface area contributed by atoms with Crippen LogP contribution >= 0.6 is 0 Å². The first-order valence-electron chi connectivity index (χ1n) is 6.18. The lowest BCUT2D eigenvalue weighted by atomic mass is 9.98. The normalized spacial score (nSPS) is 16.9. The van der Waals surface area contributed by atoms with Crippen LogP contribution < -0.4 is 4.90 Å². The first-order valence-corrected chi connectivity index (χ1v) is 6.18. The van der Waals surface area contributed by atoms with Crippen molar-refractivity contribution in [3.05, 3.63) is 23.4 Å². The highest BCUT2D eigenvalue weighted by Crippen LogP contribution is 2.22. The van der Waals surface area contributed by atoms with Gasteiger partial charge in [0.2, 0.25) is 0 Å². The van der Waals surface area contributed by atoms with Crippen LogP contribution in [0.1, 0.15) is 28.9 Å². The standard InChI is InChI=1S/C13H18N2O3/c1-9-6-11(13(17)18)7-12(14-9)15-4-2-10(8-16)3-5-15/h6-7,10,16H,2-5,8H2,1H3,(H,17,18). The van der Waals surface area contributed by atoms with Gasteiger partial charge in [-0.15, -0.1) is 0 Å². The van der Waals surface area contributed by atoms with E-state index in [-0.39, 0.29) is 12.2 Å². The first-order chi connectivity index (χ1) is 8.60. The Balaban J connectivity index is 2.16. The highest BCUT2D eigenvalue weighted by atomic mass is 16.4. The van der Waals surface area contributed by atoms with Crippen LogP contribution in [0.25, 0.3) is 0 Å². The van der Waals surface area contributed by atoms with Gasteiger partial charge in [-0.25, -0.2) is 9.78 Å². The Hall–Kier alpha value is -1.62. The van der Waals surface area contributed by atoms with Crippen molar-refractivity contribution in [1.82, 2.24) is 4.98 Å². The number of carboxylic acid groups (broad SMARTS) is 1. The van der Waals surface area contributed by atoms with Crippen LogP contribution in [0.2, 0.25) is 0 Å². The Morgan fingerprint density at radius 2 is 2.11 bits per heavy atom. The molecule has 2 N–H and O–H groups in total. The molecule has 0 aromatic carbocycles. The van der Waals surface area contributed by atoms with Gasteiger partial charge in [-0.3, -0.25) is 0 Å². The van der Waals surface area contributed by atoms with Crippen LogP contribution in [0.4, 0.5) is 5.82 Å². The molecule has 98 valence electrons. The molecule has 1 fully saturated rings. The van der Waals surface area contributed by atoms with Gasteiger partial charge >= 0.3 is 5.97 Å². The second kappa shape index (κ2) is 5.35. The van der Waals surface area contributed by atoms with Crippen molar-refractivity contribution in [3.63, 3.8) is 0 Å². The van der Waals surface area contributed by atoms with Gasteiger partial charge in [-0.05, 0) is 37.8 Å². The number of aliphatic hydroxyl groups is 1. The summed E-state index contributed by atoms with van der Waals surface area (Å²) in [5, 5.41) is 18.1. The van der Waals surface area contributed by atoms with Gasteiger partial charge < -0.3 is 15.1 Å². The molecule has 5 heteroatoms. The summed E-state index contributed by atoms with van der Waals surface area (Å²) in [7, 11) is 0. The highest BCUT2D eigenvalue weighted by Gasteiger charge is 2.20. The Bertz CT molecular complexity index is 440. The average Bonchev–Trinajstić information content (AvgIpc) is 2.38. The molecule has 18 heavy (non-hydrogen) atoms. The minimum absolute atomic E-state index is 0.232. The Kier molecular flexibility index (Phi) is 3.81. The van der Waals surface area contributed by atoms with E-state index in [1.807, 2.05) is 0 Å². The number of aromatic nitrogens is 1. The Labute approximate surface area is 106 Å². The molecule has 0 amide bonds. The van der Waals surface area contributed by atoms with Crippen molar-refractivity contribution in [2.75, 3.05) is 24.6 Å². The van der Waals surface area contributed by atoms with E-state index in [9.17, 15) is 4.79 Å². The molecule has 0 saturated carbocycles. The lowest BCUT2D eigenvalue weighted by molar-refractivity contribution is 0.0696. The summed E-state index contributed by atoms with van der Waals surface area (Å²) in [6, 6.07) is 3.20. The van der Waals surface area contributed by atoms with Crippen molar-refractivity contribution in [2.24, 2.45) is 5.92 Å². The maximum absolute atomic E-state index is 11.0. The zero-order valence-corrected chi connectivity index (χ0v) is 10.5. The summed E-state index contributed by atoms with van der Waals surface area (Å²) >= 11 is 0. The van der Waals surface area contributed by atoms with E-state index in [0.29, 0.717) is 11.6 Å². The van der Waals surface area contributed by atoms with Crippen molar-refractivity contribution < 1.29 is 15.0 Å². The predicted octanol–water partition coefficient (Wildman–Crippen LogP) is 1.30. The van der Waals surface area contributed by atoms with E-state index in [1.165, 1.54) is 0 Å². The first kappa shape index (κ1) is 12.8. The summed E-state index contributed by atoms with van der Waals surface area (Å²) in [5.41, 5.74) is 0.996. The average molecular weight is 250 g/mol. The van der Waals surface area contributed by atoms with E-state index < -0.39 is 5.97 Å². The largest absolute Gasteiger partial charge is 0.478 e. The summed E-state index contributed by atoms with van der Waals surface area (Å²) in [6.45, 7) is 3.67. The van der Waals surface area contributed by atoms with Crippen molar-refractivity contribution in [3.8, 4) is 0 Å². The number of carbonyl (C=O) groups is 1. The quantitative estimate of drug-likeness (QED) is 0.845. The number of piperidine rings is 1. The summed E-state index contributed by atoms with van der Waals surface area (Å²) in [4.78, 5) is 17.5. The molecule has 2 rings (SSSR count). The van der Waals surface area contributed by atoms with Crippen LogP contribution in [-0.2, 0) is 0 Å². The van der Waals surface area contributed by atoms with Crippen molar-refractivity contribution in [2.45, 2.75) is 19.8 Å². The lowest BCUT2D eigenvalue weighted by Gasteiger charge is -2.32. The molecule has 2 heterocycles. The lowest BCUT2D eigenvalue weighted by Crippen LogP contribution is -2.35. The zero-order valence-electron chi connectivity index (χ0n) is 10.5. The smallest absolute Gasteiger partial charge is 0.335 e. The SMILES string of the molecule is Cc1cc(C(=O)O)cc(N2CCC(CO)CC2)n1. The number of aromatic carboxylic acids is 1. The van der Waals surface area contributed by atoms with Crippen molar-refractivity contribution in [1.29, 1.82) is 0 Å². The molecule has 5 nitrogen and oxygen atoms in total. The fraction of sp³-hybridized carbons (Fsp3) is 0.538. The number of aryl methyl sites for hydroxylation is 1. The van der Waals surface area contributed by atoms with Crippen LogP contribution in [-0.4, -0.2) is 40.9 Å². The topological polar surface area (TPSA) is 73.7 Å². The van der Waals surface area contributed by atoms with Gasteiger partial charge in [0.1, 0.15) is 5.82 Å². The Morgan fingerprint density at radius 3 is 2.67 bits per heavy atom. The van der Waals surface area contributed by atoms with Crippen LogP contribution in [0.15, 0.2) is 12.1 Å². The molecule has 0 bridgehead atoms. The number of hydrogen-bond donors (Lipinski definition) is 2. The summed E-state index contributed by atoms with van der Waals surface area (Å²) in [6.07, 6.45) is 1.85. The number of anilines is 1. The molecule has 0 aliphatic carbocycles. The van der Waals surface area contributed by atoms with Gasteiger partial charge in [0.15, 0.2) is 0 Å². The van der Waals surface area contributed by atoms with Gasteiger partial charge in [0.05, 0.1) is 5.56 Å². The third-order valence-electron chi connectivity index (χ3n) is 3.38. The number of aliphatic hydroxyl groups excluding tert-OH is 1. The molecule has 0 spiro atoms. The van der Waals surface area contributed by atoms with Gasteiger partial charge in [-0.1, -0.05) is 0 Å². The summed E-state index contributed by atoms with van der Waals surface area (Å²) in [5.74, 6) is 0.167. The van der Waals surface area contributed by atoms with Crippen LogP contribution in [0, 0.1) is 12.8 Å². The third kappa shape index (κ3) is 2.79. The minimum Gasteiger partial charge on any atom is -0.478 e. The molecule has 0 radical (unpaired) electrons. The predicted molar refractivity (Wildman–Crippen MR) is 68.0 cm³/mol.